The van der Waals surface area contributed by atoms with Crippen molar-refractivity contribution in [2.24, 2.45) is 31.9 Å². The van der Waals surface area contributed by atoms with Crippen LogP contribution in [0.25, 0.3) is 0 Å². The van der Waals surface area contributed by atoms with Gasteiger partial charge in [0.05, 0.1) is 31.5 Å². The second-order valence-electron chi connectivity index (χ2n) is 9.31. The average Bonchev–Trinajstić information content (AvgIpc) is 2.97. The van der Waals surface area contributed by atoms with E-state index in [-0.39, 0.29) is 54.0 Å². The molecule has 3 rings (SSSR count). The van der Waals surface area contributed by atoms with Crippen LogP contribution in [0, 0.1) is 0 Å². The van der Waals surface area contributed by atoms with Crippen LogP contribution in [0.5, 0.6) is 0 Å². The Balaban J connectivity index is 1.79. The number of hydrogen-bond donors (Lipinski definition) is 4. The maximum atomic E-state index is 12.9. The molecule has 0 heterocycles. The van der Waals surface area contributed by atoms with Crippen LogP contribution in [0.4, 0.5) is 22.7 Å². The number of hydrogen-bond acceptors (Lipinski definition) is 10. The maximum absolute atomic E-state index is 12.9. The van der Waals surface area contributed by atoms with Gasteiger partial charge < -0.3 is 22.1 Å². The number of nitrogens with two attached hydrogens (primary N) is 2. The first kappa shape index (κ1) is 35.7. The zero-order chi connectivity index (χ0) is 34.3. The Bertz CT molecular complexity index is 1700. The summed E-state index contributed by atoms with van der Waals surface area (Å²) in [7, 11) is 0. The Labute approximate surface area is 280 Å². The highest BCUT2D eigenvalue weighted by Gasteiger charge is 2.27. The number of nitrogens with zero attached hydrogens (tertiary/aromatic N) is 4. The molecule has 14 nitrogen and oxygen atoms in total. The van der Waals surface area contributed by atoms with Crippen molar-refractivity contribution < 1.29 is 28.8 Å². The number of carbonyl (C=O) groups excluding carboxylic acids is 6. The highest BCUT2D eigenvalue weighted by molar-refractivity contribution is 6.38. The number of ketones is 2. The van der Waals surface area contributed by atoms with E-state index in [1.54, 1.807) is 0 Å². The first-order valence-electron chi connectivity index (χ1n) is 12.7. The number of anilines is 2. The third-order valence-corrected chi connectivity index (χ3v) is 7.13. The number of azo groups is 2. The van der Waals surface area contributed by atoms with Gasteiger partial charge in [0.15, 0.2) is 11.6 Å². The molecular formula is C28H22Cl4N8O6. The van der Waals surface area contributed by atoms with Crippen LogP contribution in [-0.4, -0.2) is 47.3 Å². The summed E-state index contributed by atoms with van der Waals surface area (Å²) >= 11 is 24.7. The van der Waals surface area contributed by atoms with Crippen molar-refractivity contribution in [3.05, 3.63) is 79.7 Å². The first-order chi connectivity index (χ1) is 21.6. The van der Waals surface area contributed by atoms with Crippen LogP contribution in [0.2, 0.25) is 20.1 Å². The lowest BCUT2D eigenvalue weighted by Crippen LogP contribution is -2.32. The maximum Gasteiger partial charge on any atom is 0.258 e. The summed E-state index contributed by atoms with van der Waals surface area (Å²) in [5, 5.41) is 19.9. The fourth-order valence-electron chi connectivity index (χ4n) is 3.50. The molecule has 3 aromatic rings. The van der Waals surface area contributed by atoms with Gasteiger partial charge in [0, 0.05) is 11.1 Å². The topological polar surface area (TPSA) is 228 Å². The molecular weight excluding hydrogens is 686 g/mol. The predicted molar refractivity (Wildman–Crippen MR) is 172 cm³/mol. The van der Waals surface area contributed by atoms with Gasteiger partial charge in [-0.1, -0.05) is 46.4 Å². The van der Waals surface area contributed by atoms with E-state index in [0.717, 1.165) is 13.8 Å². The van der Waals surface area contributed by atoms with Crippen LogP contribution in [0.1, 0.15) is 34.6 Å². The molecule has 0 radical (unpaired) electrons. The fraction of sp³-hybridized carbons (Fsp3) is 0.143. The minimum atomic E-state index is -1.65. The molecule has 0 aliphatic heterocycles. The number of Topliss-reactive ketones (excluding diaryl/α,β-unsaturated/α-hetero) is 2. The van der Waals surface area contributed by atoms with Crippen LogP contribution in [0.15, 0.2) is 69.0 Å². The zero-order valence-electron chi connectivity index (χ0n) is 23.7. The van der Waals surface area contributed by atoms with E-state index < -0.39 is 47.3 Å². The van der Waals surface area contributed by atoms with Crippen molar-refractivity contribution >= 4 is 104 Å². The number of carbonyl (C=O) groups is 6. The van der Waals surface area contributed by atoms with Crippen molar-refractivity contribution in [2.75, 3.05) is 10.6 Å². The van der Waals surface area contributed by atoms with E-state index in [4.69, 9.17) is 57.9 Å². The molecule has 0 aliphatic rings. The summed E-state index contributed by atoms with van der Waals surface area (Å²) in [6.07, 6.45) is 0. The Morgan fingerprint density at radius 3 is 1.24 bits per heavy atom. The van der Waals surface area contributed by atoms with Gasteiger partial charge in [-0.25, -0.2) is 0 Å². The summed E-state index contributed by atoms with van der Waals surface area (Å²) in [6.45, 7) is 2.20. The summed E-state index contributed by atoms with van der Waals surface area (Å²) in [6, 6.07) is 6.96. The van der Waals surface area contributed by atoms with E-state index in [0.29, 0.717) is 0 Å². The number of rotatable bonds is 12. The van der Waals surface area contributed by atoms with E-state index in [2.05, 4.69) is 31.1 Å². The molecule has 18 heteroatoms. The van der Waals surface area contributed by atoms with Gasteiger partial charge in [0.2, 0.25) is 23.9 Å². The highest BCUT2D eigenvalue weighted by Crippen LogP contribution is 2.34. The number of benzene rings is 3. The monoisotopic (exact) mass is 706 g/mol. The number of halogens is 4. The molecule has 0 saturated carbocycles. The van der Waals surface area contributed by atoms with E-state index in [1.165, 1.54) is 48.5 Å². The molecule has 3 aromatic carbocycles. The minimum absolute atomic E-state index is 0.0103. The van der Waals surface area contributed by atoms with Gasteiger partial charge in [-0.05, 0) is 62.4 Å². The first-order valence-corrected chi connectivity index (χ1v) is 14.2. The normalized spacial score (nSPS) is 12.5. The van der Waals surface area contributed by atoms with Crippen LogP contribution in [-0.2, 0) is 19.2 Å². The van der Waals surface area contributed by atoms with Crippen molar-refractivity contribution in [1.29, 1.82) is 0 Å². The Morgan fingerprint density at radius 1 is 0.587 bits per heavy atom. The fourth-order valence-corrected chi connectivity index (χ4v) is 4.23. The summed E-state index contributed by atoms with van der Waals surface area (Å²) in [5.41, 5.74) is 10.5. The van der Waals surface area contributed by atoms with Crippen LogP contribution < -0.4 is 22.1 Å². The molecule has 0 spiro atoms. The summed E-state index contributed by atoms with van der Waals surface area (Å²) in [5.74, 6) is -4.77. The number of nitrogens with one attached hydrogen (secondary N) is 2. The molecule has 0 aliphatic carbocycles. The summed E-state index contributed by atoms with van der Waals surface area (Å²) in [4.78, 5) is 73.2. The lowest BCUT2D eigenvalue weighted by atomic mass is 10.2. The number of amides is 4. The van der Waals surface area contributed by atoms with Gasteiger partial charge in [0.1, 0.15) is 11.4 Å². The minimum Gasteiger partial charge on any atom is -0.366 e. The second kappa shape index (κ2) is 15.5. The summed E-state index contributed by atoms with van der Waals surface area (Å²) < 4.78 is 0. The van der Waals surface area contributed by atoms with Gasteiger partial charge in [-0.3, -0.25) is 28.8 Å². The van der Waals surface area contributed by atoms with Gasteiger partial charge in [-0.15, -0.1) is 0 Å². The molecule has 46 heavy (non-hydrogen) atoms. The molecule has 6 N–H and O–H groups in total. The molecule has 0 aromatic heterocycles. The van der Waals surface area contributed by atoms with Gasteiger partial charge in [-0.2, -0.15) is 20.5 Å². The molecule has 0 bridgehead atoms. The Kier molecular flexibility index (Phi) is 12.0. The Hall–Kier alpha value is -4.76. The molecule has 238 valence electrons. The van der Waals surface area contributed by atoms with Crippen LogP contribution in [0.3, 0.4) is 0 Å². The number of primary amides is 2. The quantitative estimate of drug-likeness (QED) is 0.133. The van der Waals surface area contributed by atoms with Crippen molar-refractivity contribution in [1.82, 2.24) is 0 Å². The van der Waals surface area contributed by atoms with Crippen molar-refractivity contribution in [3.63, 3.8) is 0 Å². The smallest absolute Gasteiger partial charge is 0.258 e. The largest absolute Gasteiger partial charge is 0.366 e. The van der Waals surface area contributed by atoms with Crippen LogP contribution >= 0.6 is 46.4 Å². The zero-order valence-corrected chi connectivity index (χ0v) is 26.7. The Morgan fingerprint density at radius 2 is 0.935 bits per heavy atom. The molecule has 2 atom stereocenters. The van der Waals surface area contributed by atoms with E-state index >= 15 is 0 Å². The lowest BCUT2D eigenvalue weighted by molar-refractivity contribution is -0.127. The molecule has 0 saturated heterocycles. The lowest BCUT2D eigenvalue weighted by Gasteiger charge is -2.15. The third-order valence-electron chi connectivity index (χ3n) is 5.86. The van der Waals surface area contributed by atoms with E-state index in [1.807, 2.05) is 0 Å². The average molecular weight is 708 g/mol. The van der Waals surface area contributed by atoms with Gasteiger partial charge >= 0.3 is 0 Å². The molecule has 0 fully saturated rings. The highest BCUT2D eigenvalue weighted by atomic mass is 35.5. The predicted octanol–water partition coefficient (Wildman–Crippen LogP) is 5.86. The standard InChI is InChI=1S/C28H22Cl4N8O6/c1-11(41)23(39-37-21-7-13(25(33)43)3-5-15(21)29)27(45)35-19-9-18(32)20(10-17(19)31)36-28(46)24(12(2)42)40-38-22-8-14(26(34)44)4-6-16(22)30/h3-10,23-24H,1-2H3,(H2,33,43)(H2,34,44)(H,35,45)(H,36,46). The van der Waals surface area contributed by atoms with Gasteiger partial charge in [0.25, 0.3) is 11.8 Å². The molecule has 2 unspecified atom stereocenters. The van der Waals surface area contributed by atoms with Crippen molar-refractivity contribution in [2.45, 2.75) is 25.9 Å². The van der Waals surface area contributed by atoms with Crippen molar-refractivity contribution in [3.8, 4) is 0 Å². The SMILES string of the molecule is CC(=O)C(N=Nc1cc(C(N)=O)ccc1Cl)C(=O)Nc1cc(Cl)c(NC(=O)C(N=Nc2cc(C(N)=O)ccc2Cl)C(C)=O)cc1Cl. The second-order valence-corrected chi connectivity index (χ2v) is 10.9. The molecule has 4 amide bonds. The van der Waals surface area contributed by atoms with E-state index in [9.17, 15) is 28.8 Å². The third kappa shape index (κ3) is 9.14.